The Morgan fingerprint density at radius 2 is 1.85 bits per heavy atom. The number of hydrogen-bond donors (Lipinski definition) is 0. The van der Waals surface area contributed by atoms with Crippen LogP contribution in [0.15, 0.2) is 59.0 Å². The molecule has 1 aliphatic carbocycles. The van der Waals surface area contributed by atoms with Crippen LogP contribution < -0.4 is 4.90 Å². The van der Waals surface area contributed by atoms with Gasteiger partial charge in [-0.05, 0) is 85.5 Å². The molecule has 0 unspecified atom stereocenters. The van der Waals surface area contributed by atoms with Crippen LogP contribution in [0.2, 0.25) is 0 Å². The molecule has 41 heavy (non-hydrogen) atoms. The molecule has 4 aromatic rings. The van der Waals surface area contributed by atoms with E-state index >= 15 is 4.39 Å². The van der Waals surface area contributed by atoms with Crippen molar-refractivity contribution in [3.63, 3.8) is 0 Å². The molecule has 210 valence electrons. The van der Waals surface area contributed by atoms with Crippen LogP contribution in [-0.4, -0.2) is 48.5 Å². The molecule has 2 atom stereocenters. The number of carbonyl (C=O) groups excluding carboxylic acids is 2. The van der Waals surface area contributed by atoms with E-state index < -0.39 is 5.82 Å². The molecule has 2 fully saturated rings. The highest BCUT2D eigenvalue weighted by Crippen LogP contribution is 2.45. The van der Waals surface area contributed by atoms with Gasteiger partial charge in [-0.2, -0.15) is 0 Å². The van der Waals surface area contributed by atoms with E-state index in [-0.39, 0.29) is 35.3 Å². The lowest BCUT2D eigenvalue weighted by Gasteiger charge is -2.35. The summed E-state index contributed by atoms with van der Waals surface area (Å²) in [6, 6.07) is 17.0. The molecule has 7 rings (SSSR count). The van der Waals surface area contributed by atoms with Gasteiger partial charge in [-0.15, -0.1) is 0 Å². The second kappa shape index (κ2) is 10.0. The average Bonchev–Trinajstić information content (AvgIpc) is 3.55. The molecular weight excluding hydrogens is 521 g/mol. The molecule has 0 radical (unpaired) electrons. The first-order valence-electron chi connectivity index (χ1n) is 14.4. The van der Waals surface area contributed by atoms with Crippen LogP contribution in [0.1, 0.15) is 65.2 Å². The number of rotatable bonds is 5. The summed E-state index contributed by atoms with van der Waals surface area (Å²) < 4.78 is 26.5. The number of nitrogens with zero attached hydrogens (tertiary/aromatic N) is 3. The fourth-order valence-electron chi connectivity index (χ4n) is 6.44. The Balaban J connectivity index is 1.19. The number of anilines is 1. The van der Waals surface area contributed by atoms with Gasteiger partial charge in [0.15, 0.2) is 5.58 Å². The van der Waals surface area contributed by atoms with Crippen LogP contribution in [0.25, 0.3) is 22.6 Å². The summed E-state index contributed by atoms with van der Waals surface area (Å²) in [5, 5.41) is 0. The predicted octanol–water partition coefficient (Wildman–Crippen LogP) is 6.27. The second-order valence-electron chi connectivity index (χ2n) is 11.4. The Morgan fingerprint density at radius 1 is 1.02 bits per heavy atom. The van der Waals surface area contributed by atoms with Gasteiger partial charge < -0.3 is 19.0 Å². The van der Waals surface area contributed by atoms with Crippen molar-refractivity contribution in [2.24, 2.45) is 5.92 Å². The molecule has 2 aliphatic heterocycles. The summed E-state index contributed by atoms with van der Waals surface area (Å²) in [5.41, 5.74) is 6.22. The topological polar surface area (TPSA) is 75.9 Å². The highest BCUT2D eigenvalue weighted by Gasteiger charge is 2.33. The van der Waals surface area contributed by atoms with Gasteiger partial charge in [0.1, 0.15) is 11.3 Å². The van der Waals surface area contributed by atoms with Crippen LogP contribution >= 0.6 is 0 Å². The van der Waals surface area contributed by atoms with Gasteiger partial charge in [-0.25, -0.2) is 9.37 Å². The third kappa shape index (κ3) is 4.55. The molecule has 3 aliphatic rings. The van der Waals surface area contributed by atoms with Gasteiger partial charge in [-0.1, -0.05) is 24.3 Å². The fraction of sp³-hybridized carbons (Fsp3) is 0.364. The van der Waals surface area contributed by atoms with Crippen molar-refractivity contribution in [1.29, 1.82) is 0 Å². The Morgan fingerprint density at radius 3 is 2.63 bits per heavy atom. The van der Waals surface area contributed by atoms with Crippen molar-refractivity contribution >= 4 is 28.7 Å². The number of ether oxygens (including phenoxy) is 1. The zero-order chi connectivity index (χ0) is 28.2. The summed E-state index contributed by atoms with van der Waals surface area (Å²) in [5.74, 6) is -0.390. The largest absolute Gasteiger partial charge is 0.469 e. The van der Waals surface area contributed by atoms with E-state index in [4.69, 9.17) is 14.1 Å². The molecule has 0 spiro atoms. The first kappa shape index (κ1) is 25.7. The number of benzene rings is 3. The number of halogens is 1. The standard InChI is InChI=1S/C33H32FN3O4/c1-19-25-6-4-3-5-20(25)12-14-37(19)32(38)23-15-27(21-7-8-21)30-29(16-23)41-31(35-30)26-10-9-24(17-28(26)34)36-13-11-22(18-36)33(39)40-2/h3-6,9-10,15-17,19,21-22H,7-8,11-14,18H2,1-2H3/t19-,22+/m1/s1. The number of methoxy groups -OCH3 is 1. The van der Waals surface area contributed by atoms with E-state index in [2.05, 4.69) is 19.1 Å². The van der Waals surface area contributed by atoms with E-state index in [0.717, 1.165) is 24.8 Å². The van der Waals surface area contributed by atoms with E-state index in [0.29, 0.717) is 54.3 Å². The van der Waals surface area contributed by atoms with Crippen LogP contribution in [0.4, 0.5) is 10.1 Å². The highest BCUT2D eigenvalue weighted by molar-refractivity contribution is 5.99. The zero-order valence-corrected chi connectivity index (χ0v) is 23.2. The number of hydrogen-bond acceptors (Lipinski definition) is 6. The smallest absolute Gasteiger partial charge is 0.310 e. The van der Waals surface area contributed by atoms with E-state index in [9.17, 15) is 9.59 Å². The average molecular weight is 554 g/mol. The lowest BCUT2D eigenvalue weighted by atomic mass is 9.93. The lowest BCUT2D eigenvalue weighted by Crippen LogP contribution is -2.38. The van der Waals surface area contributed by atoms with E-state index in [1.54, 1.807) is 12.1 Å². The van der Waals surface area contributed by atoms with Crippen LogP contribution in [0.3, 0.4) is 0 Å². The number of amides is 1. The van der Waals surface area contributed by atoms with Gasteiger partial charge in [-0.3, -0.25) is 9.59 Å². The minimum Gasteiger partial charge on any atom is -0.469 e. The molecule has 1 saturated heterocycles. The monoisotopic (exact) mass is 553 g/mol. The van der Waals surface area contributed by atoms with Crippen molar-refractivity contribution < 1.29 is 23.1 Å². The van der Waals surface area contributed by atoms with Crippen LogP contribution in [0.5, 0.6) is 0 Å². The minimum absolute atomic E-state index is 0.0241. The Hall–Kier alpha value is -4.20. The van der Waals surface area contributed by atoms with Crippen LogP contribution in [0, 0.1) is 11.7 Å². The van der Waals surface area contributed by atoms with Crippen molar-refractivity contribution in [3.05, 3.63) is 82.7 Å². The van der Waals surface area contributed by atoms with Crippen molar-refractivity contribution in [2.75, 3.05) is 31.6 Å². The lowest BCUT2D eigenvalue weighted by molar-refractivity contribution is -0.144. The number of carbonyl (C=O) groups is 2. The molecule has 7 nitrogen and oxygen atoms in total. The van der Waals surface area contributed by atoms with Crippen molar-refractivity contribution in [1.82, 2.24) is 9.88 Å². The summed E-state index contributed by atoms with van der Waals surface area (Å²) in [6.07, 6.45) is 3.57. The Labute approximate surface area is 237 Å². The maximum Gasteiger partial charge on any atom is 0.310 e. The van der Waals surface area contributed by atoms with Gasteiger partial charge >= 0.3 is 5.97 Å². The maximum absolute atomic E-state index is 15.4. The van der Waals surface area contributed by atoms with E-state index in [1.807, 2.05) is 34.1 Å². The zero-order valence-electron chi connectivity index (χ0n) is 23.2. The van der Waals surface area contributed by atoms with Gasteiger partial charge in [0, 0.05) is 30.9 Å². The first-order chi connectivity index (χ1) is 19.9. The SMILES string of the molecule is COC(=O)[C@H]1CCN(c2ccc(-c3nc4c(C5CC5)cc(C(=O)N5CCc6ccccc6[C@H]5C)cc4o3)c(F)c2)C1. The normalized spacial score (nSPS) is 20.4. The summed E-state index contributed by atoms with van der Waals surface area (Å²) >= 11 is 0. The van der Waals surface area contributed by atoms with Crippen molar-refractivity contribution in [3.8, 4) is 11.5 Å². The number of esters is 1. The molecule has 3 heterocycles. The number of aromatic nitrogens is 1. The molecular formula is C33H32FN3O4. The number of oxazole rings is 1. The third-order valence-electron chi connectivity index (χ3n) is 8.92. The quantitative estimate of drug-likeness (QED) is 0.271. The first-order valence-corrected chi connectivity index (χ1v) is 14.4. The minimum atomic E-state index is -0.444. The predicted molar refractivity (Wildman–Crippen MR) is 153 cm³/mol. The highest BCUT2D eigenvalue weighted by atomic mass is 19.1. The second-order valence-corrected chi connectivity index (χ2v) is 11.4. The molecule has 8 heteroatoms. The molecule has 3 aromatic carbocycles. The van der Waals surface area contributed by atoms with Gasteiger partial charge in [0.25, 0.3) is 5.91 Å². The van der Waals surface area contributed by atoms with Gasteiger partial charge in [0.2, 0.25) is 5.89 Å². The van der Waals surface area contributed by atoms with E-state index in [1.165, 1.54) is 24.3 Å². The molecule has 0 N–H and O–H groups in total. The third-order valence-corrected chi connectivity index (χ3v) is 8.92. The maximum atomic E-state index is 15.4. The molecule has 1 saturated carbocycles. The Bertz CT molecular complexity index is 1680. The van der Waals surface area contributed by atoms with Crippen LogP contribution in [-0.2, 0) is 16.0 Å². The Kier molecular flexibility index (Phi) is 6.29. The van der Waals surface area contributed by atoms with Gasteiger partial charge in [0.05, 0.1) is 24.6 Å². The summed E-state index contributed by atoms with van der Waals surface area (Å²) in [4.78, 5) is 34.4. The van der Waals surface area contributed by atoms with Crippen molar-refractivity contribution in [2.45, 2.75) is 44.6 Å². The summed E-state index contributed by atoms with van der Waals surface area (Å²) in [6.45, 7) is 3.89. The molecule has 1 aromatic heterocycles. The molecule has 0 bridgehead atoms. The summed E-state index contributed by atoms with van der Waals surface area (Å²) in [7, 11) is 1.39. The molecule has 1 amide bonds. The number of fused-ring (bicyclic) bond motifs is 2. The fourth-order valence-corrected chi connectivity index (χ4v) is 6.44.